The number of aryl methyl sites for hydroxylation is 1. The number of hydrogen-bond donors (Lipinski definition) is 0. The van der Waals surface area contributed by atoms with Gasteiger partial charge in [0, 0.05) is 19.5 Å². The first kappa shape index (κ1) is 13.6. The number of aromatic nitrogens is 1. The second-order valence-electron chi connectivity index (χ2n) is 3.90. The molecule has 0 aromatic carbocycles. The normalized spacial score (nSPS) is 12.0. The van der Waals surface area contributed by atoms with Gasteiger partial charge in [0.15, 0.2) is 6.10 Å². The van der Waals surface area contributed by atoms with Crippen LogP contribution >= 0.6 is 11.3 Å². The number of thiazole rings is 1. The van der Waals surface area contributed by atoms with E-state index in [0.29, 0.717) is 5.69 Å². The van der Waals surface area contributed by atoms with Gasteiger partial charge in [-0.25, -0.2) is 4.98 Å². The Balaban J connectivity index is 2.47. The Labute approximate surface area is 104 Å². The Hall–Kier alpha value is -1.43. The third kappa shape index (κ3) is 4.14. The summed E-state index contributed by atoms with van der Waals surface area (Å²) in [7, 11) is 3.24. The molecule has 1 unspecified atom stereocenters. The lowest BCUT2D eigenvalue weighted by atomic mass is 10.3. The zero-order chi connectivity index (χ0) is 13.0. The van der Waals surface area contributed by atoms with Crippen molar-refractivity contribution in [1.29, 1.82) is 0 Å². The lowest BCUT2D eigenvalue weighted by Crippen LogP contribution is -2.35. The van der Waals surface area contributed by atoms with E-state index in [1.54, 1.807) is 21.0 Å². The van der Waals surface area contributed by atoms with Gasteiger partial charge in [-0.2, -0.15) is 0 Å². The lowest BCUT2D eigenvalue weighted by Gasteiger charge is -2.16. The summed E-state index contributed by atoms with van der Waals surface area (Å²) in [5.41, 5.74) is 0.682. The van der Waals surface area contributed by atoms with Crippen molar-refractivity contribution in [2.45, 2.75) is 26.4 Å². The van der Waals surface area contributed by atoms with E-state index in [0.717, 1.165) is 5.01 Å². The molecule has 0 radical (unpaired) electrons. The molecule has 1 heterocycles. The molecule has 0 bridgehead atoms. The third-order valence-corrected chi connectivity index (χ3v) is 2.91. The van der Waals surface area contributed by atoms with E-state index in [-0.39, 0.29) is 12.3 Å². The van der Waals surface area contributed by atoms with Gasteiger partial charge in [0.1, 0.15) is 0 Å². The summed E-state index contributed by atoms with van der Waals surface area (Å²) in [6, 6.07) is 0. The van der Waals surface area contributed by atoms with E-state index in [2.05, 4.69) is 4.98 Å². The van der Waals surface area contributed by atoms with Crippen LogP contribution in [0.3, 0.4) is 0 Å². The largest absolute Gasteiger partial charge is 0.452 e. The van der Waals surface area contributed by atoms with Gasteiger partial charge in [-0.3, -0.25) is 9.59 Å². The average molecular weight is 256 g/mol. The molecule has 1 atom stereocenters. The molecule has 0 aliphatic rings. The van der Waals surface area contributed by atoms with Crippen LogP contribution in [0.5, 0.6) is 0 Å². The molecule has 0 aliphatic carbocycles. The highest BCUT2D eigenvalue weighted by molar-refractivity contribution is 7.09. The molecule has 94 valence electrons. The Morgan fingerprint density at radius 2 is 2.18 bits per heavy atom. The summed E-state index contributed by atoms with van der Waals surface area (Å²) < 4.78 is 5.02. The highest BCUT2D eigenvalue weighted by Gasteiger charge is 2.19. The van der Waals surface area contributed by atoms with Crippen LogP contribution in [0.15, 0.2) is 5.38 Å². The van der Waals surface area contributed by atoms with Gasteiger partial charge in [0.05, 0.1) is 17.1 Å². The molecule has 6 heteroatoms. The van der Waals surface area contributed by atoms with E-state index < -0.39 is 12.1 Å². The van der Waals surface area contributed by atoms with Crippen molar-refractivity contribution in [3.63, 3.8) is 0 Å². The number of nitrogens with zero attached hydrogens (tertiary/aromatic N) is 2. The first-order valence-corrected chi connectivity index (χ1v) is 6.09. The minimum absolute atomic E-state index is 0.107. The number of carbonyl (C=O) groups excluding carboxylic acids is 2. The number of rotatable bonds is 4. The Morgan fingerprint density at radius 1 is 1.53 bits per heavy atom. The smallest absolute Gasteiger partial charge is 0.312 e. The van der Waals surface area contributed by atoms with Crippen LogP contribution in [0.1, 0.15) is 17.6 Å². The highest BCUT2D eigenvalue weighted by atomic mass is 32.1. The van der Waals surface area contributed by atoms with Crippen LogP contribution in [0.25, 0.3) is 0 Å². The number of carbonyl (C=O) groups is 2. The predicted molar refractivity (Wildman–Crippen MR) is 64.8 cm³/mol. The maximum atomic E-state index is 11.5. The van der Waals surface area contributed by atoms with Crippen LogP contribution in [-0.2, 0) is 20.7 Å². The zero-order valence-corrected chi connectivity index (χ0v) is 11.2. The van der Waals surface area contributed by atoms with Gasteiger partial charge in [-0.1, -0.05) is 0 Å². The fraction of sp³-hybridized carbons (Fsp3) is 0.545. The van der Waals surface area contributed by atoms with E-state index in [4.69, 9.17) is 4.74 Å². The number of esters is 1. The minimum Gasteiger partial charge on any atom is -0.452 e. The van der Waals surface area contributed by atoms with Crippen molar-refractivity contribution in [1.82, 2.24) is 9.88 Å². The molecule has 0 spiro atoms. The van der Waals surface area contributed by atoms with Crippen molar-refractivity contribution in [2.75, 3.05) is 14.1 Å². The quantitative estimate of drug-likeness (QED) is 0.754. The maximum Gasteiger partial charge on any atom is 0.312 e. The fourth-order valence-corrected chi connectivity index (χ4v) is 1.90. The van der Waals surface area contributed by atoms with Crippen molar-refractivity contribution in [3.05, 3.63) is 16.1 Å². The van der Waals surface area contributed by atoms with Crippen molar-refractivity contribution in [2.24, 2.45) is 0 Å². The summed E-state index contributed by atoms with van der Waals surface area (Å²) in [6.45, 7) is 3.43. The zero-order valence-electron chi connectivity index (χ0n) is 10.4. The highest BCUT2D eigenvalue weighted by Crippen LogP contribution is 2.09. The number of likely N-dealkylation sites (N-methyl/N-ethyl adjacent to an activating group) is 1. The summed E-state index contributed by atoms with van der Waals surface area (Å²) in [6.07, 6.45) is -0.646. The summed E-state index contributed by atoms with van der Waals surface area (Å²) in [4.78, 5) is 28.6. The van der Waals surface area contributed by atoms with Crippen LogP contribution in [0.2, 0.25) is 0 Å². The first-order valence-electron chi connectivity index (χ1n) is 5.21. The van der Waals surface area contributed by atoms with E-state index in [1.165, 1.54) is 16.2 Å². The van der Waals surface area contributed by atoms with Gasteiger partial charge in [-0.15, -0.1) is 11.3 Å². The van der Waals surface area contributed by atoms with Crippen molar-refractivity contribution < 1.29 is 14.3 Å². The molecule has 17 heavy (non-hydrogen) atoms. The molecular weight excluding hydrogens is 240 g/mol. The second kappa shape index (κ2) is 5.77. The van der Waals surface area contributed by atoms with E-state index >= 15 is 0 Å². The first-order chi connectivity index (χ1) is 7.90. The average Bonchev–Trinajstić information content (AvgIpc) is 2.62. The maximum absolute atomic E-state index is 11.5. The minimum atomic E-state index is -0.753. The standard InChI is InChI=1S/C11H16N2O3S/c1-7(11(15)13(3)4)16-10(14)5-9-6-17-8(2)12-9/h6-7H,5H2,1-4H3. The molecule has 0 N–H and O–H groups in total. The van der Waals surface area contributed by atoms with Gasteiger partial charge in [-0.05, 0) is 13.8 Å². The third-order valence-electron chi connectivity index (χ3n) is 2.09. The summed E-state index contributed by atoms with van der Waals surface area (Å²) in [5.74, 6) is -0.661. The van der Waals surface area contributed by atoms with E-state index in [1.807, 2.05) is 12.3 Å². The molecule has 1 aromatic heterocycles. The number of hydrogen-bond acceptors (Lipinski definition) is 5. The Kier molecular flexibility index (Phi) is 4.62. The predicted octanol–water partition coefficient (Wildman–Crippen LogP) is 1.01. The number of ether oxygens (including phenoxy) is 1. The SMILES string of the molecule is Cc1nc(CC(=O)OC(C)C(=O)N(C)C)cs1. The monoisotopic (exact) mass is 256 g/mol. The van der Waals surface area contributed by atoms with Crippen LogP contribution < -0.4 is 0 Å². The Bertz CT molecular complexity index is 415. The van der Waals surface area contributed by atoms with Gasteiger partial charge in [0.25, 0.3) is 5.91 Å². The second-order valence-corrected chi connectivity index (χ2v) is 4.96. The van der Waals surface area contributed by atoms with Crippen LogP contribution in [0.4, 0.5) is 0 Å². The molecular formula is C11H16N2O3S. The van der Waals surface area contributed by atoms with Gasteiger partial charge >= 0.3 is 5.97 Å². The van der Waals surface area contributed by atoms with Crippen LogP contribution in [0, 0.1) is 6.92 Å². The molecule has 5 nitrogen and oxygen atoms in total. The van der Waals surface area contributed by atoms with Crippen LogP contribution in [-0.4, -0.2) is 42.0 Å². The molecule has 1 amide bonds. The molecule has 0 aliphatic heterocycles. The molecule has 1 rings (SSSR count). The van der Waals surface area contributed by atoms with E-state index in [9.17, 15) is 9.59 Å². The number of amides is 1. The van der Waals surface area contributed by atoms with Crippen molar-refractivity contribution in [3.8, 4) is 0 Å². The van der Waals surface area contributed by atoms with Gasteiger partial charge < -0.3 is 9.64 Å². The molecule has 0 saturated heterocycles. The van der Waals surface area contributed by atoms with Crippen molar-refractivity contribution >= 4 is 23.2 Å². The fourth-order valence-electron chi connectivity index (χ4n) is 1.29. The lowest BCUT2D eigenvalue weighted by molar-refractivity contribution is -0.157. The molecule has 0 fully saturated rings. The Morgan fingerprint density at radius 3 is 2.65 bits per heavy atom. The molecule has 0 saturated carbocycles. The summed E-state index contributed by atoms with van der Waals surface area (Å²) >= 11 is 1.48. The van der Waals surface area contributed by atoms with Gasteiger partial charge in [0.2, 0.25) is 0 Å². The summed E-state index contributed by atoms with van der Waals surface area (Å²) in [5, 5.41) is 2.72. The molecule has 1 aromatic rings. The topological polar surface area (TPSA) is 59.5 Å².